The van der Waals surface area contributed by atoms with Crippen molar-refractivity contribution in [2.24, 2.45) is 5.92 Å². The predicted octanol–water partition coefficient (Wildman–Crippen LogP) is 2.53. The first-order valence-corrected chi connectivity index (χ1v) is 6.90. The number of urea groups is 1. The molecular weight excluding hydrogens is 283 g/mol. The van der Waals surface area contributed by atoms with E-state index < -0.39 is 17.8 Å². The van der Waals surface area contributed by atoms with Gasteiger partial charge in [-0.15, -0.1) is 0 Å². The third kappa shape index (κ3) is 2.83. The number of hydrogen-bond donors (Lipinski definition) is 2. The third-order valence-corrected chi connectivity index (χ3v) is 4.12. The van der Waals surface area contributed by atoms with E-state index in [9.17, 15) is 18.0 Å². The number of nitrogens with zero attached hydrogens (tertiary/aromatic N) is 1. The van der Waals surface area contributed by atoms with Gasteiger partial charge in [0, 0.05) is 19.1 Å². The molecule has 21 heavy (non-hydrogen) atoms. The van der Waals surface area contributed by atoms with Crippen LogP contribution in [0.5, 0.6) is 0 Å². The number of nitrogens with one attached hydrogen (secondary N) is 2. The largest absolute Gasteiger partial charge is 0.418 e. The Labute approximate surface area is 120 Å². The predicted molar refractivity (Wildman–Crippen MR) is 71.9 cm³/mol. The minimum Gasteiger partial charge on any atom is -0.323 e. The summed E-state index contributed by atoms with van der Waals surface area (Å²) in [5.74, 6) is 0.411. The molecular formula is C14H16F3N3O. The minimum absolute atomic E-state index is 0.194. The van der Waals surface area contributed by atoms with Crippen LogP contribution >= 0.6 is 0 Å². The molecule has 7 heteroatoms. The maximum atomic E-state index is 12.9. The van der Waals surface area contributed by atoms with Crippen LogP contribution < -0.4 is 10.6 Å². The number of anilines is 1. The number of carbonyl (C=O) groups is 1. The number of halogens is 3. The second-order valence-electron chi connectivity index (χ2n) is 5.49. The van der Waals surface area contributed by atoms with Crippen LogP contribution in [0, 0.1) is 5.92 Å². The molecule has 0 aliphatic carbocycles. The first-order chi connectivity index (χ1) is 9.95. The Morgan fingerprint density at radius 2 is 2.05 bits per heavy atom. The van der Waals surface area contributed by atoms with Crippen molar-refractivity contribution in [2.75, 3.05) is 25.0 Å². The molecule has 2 saturated heterocycles. The Bertz CT molecular complexity index is 535. The summed E-state index contributed by atoms with van der Waals surface area (Å²) in [6.45, 7) is 2.09. The van der Waals surface area contributed by atoms with Crippen LogP contribution in [0.15, 0.2) is 24.3 Å². The molecule has 0 unspecified atom stereocenters. The Kier molecular flexibility index (Phi) is 3.52. The number of fused-ring (bicyclic) bond motifs is 1. The van der Waals surface area contributed by atoms with Gasteiger partial charge in [-0.2, -0.15) is 13.2 Å². The lowest BCUT2D eigenvalue weighted by atomic mass is 10.1. The van der Waals surface area contributed by atoms with Gasteiger partial charge in [0.1, 0.15) is 0 Å². The van der Waals surface area contributed by atoms with Gasteiger partial charge in [0.2, 0.25) is 0 Å². The van der Waals surface area contributed by atoms with Gasteiger partial charge in [0.25, 0.3) is 0 Å². The summed E-state index contributed by atoms with van der Waals surface area (Å²) >= 11 is 0. The minimum atomic E-state index is -4.48. The van der Waals surface area contributed by atoms with Crippen LogP contribution in [0.1, 0.15) is 12.0 Å². The van der Waals surface area contributed by atoms with Crippen LogP contribution in [0.2, 0.25) is 0 Å². The molecule has 1 aromatic carbocycles. The number of amides is 2. The second-order valence-corrected chi connectivity index (χ2v) is 5.49. The molecule has 2 fully saturated rings. The molecule has 2 heterocycles. The van der Waals surface area contributed by atoms with Gasteiger partial charge in [0.05, 0.1) is 11.3 Å². The highest BCUT2D eigenvalue weighted by atomic mass is 19.4. The quantitative estimate of drug-likeness (QED) is 0.837. The molecule has 0 spiro atoms. The molecule has 0 saturated carbocycles. The van der Waals surface area contributed by atoms with Gasteiger partial charge in [-0.25, -0.2) is 4.79 Å². The standard InChI is InChI=1S/C14H16F3N3O/c15-14(16,17)10-3-1-2-4-11(10)19-13(21)20-7-9-5-6-18-12(9)8-20/h1-4,9,12,18H,5-8H2,(H,19,21)/t9-,12+/m0/s1. The van der Waals surface area contributed by atoms with E-state index in [2.05, 4.69) is 10.6 Å². The van der Waals surface area contributed by atoms with Crippen molar-refractivity contribution in [3.63, 3.8) is 0 Å². The maximum Gasteiger partial charge on any atom is 0.418 e. The fraction of sp³-hybridized carbons (Fsp3) is 0.500. The Hall–Kier alpha value is -1.76. The molecule has 2 aliphatic heterocycles. The first kappa shape index (κ1) is 14.2. The Morgan fingerprint density at radius 1 is 1.29 bits per heavy atom. The SMILES string of the molecule is O=C(Nc1ccccc1C(F)(F)F)N1C[C@@H]2CCN[C@@H]2C1. The Balaban J connectivity index is 1.71. The molecule has 3 rings (SSSR count). The molecule has 0 bridgehead atoms. The summed E-state index contributed by atoms with van der Waals surface area (Å²) in [5.41, 5.74) is -1.02. The molecule has 2 amide bonds. The van der Waals surface area contributed by atoms with Crippen molar-refractivity contribution in [3.8, 4) is 0 Å². The number of hydrogen-bond acceptors (Lipinski definition) is 2. The molecule has 0 radical (unpaired) electrons. The average molecular weight is 299 g/mol. The van der Waals surface area contributed by atoms with Gasteiger partial charge < -0.3 is 15.5 Å². The van der Waals surface area contributed by atoms with Crippen molar-refractivity contribution < 1.29 is 18.0 Å². The van der Waals surface area contributed by atoms with Gasteiger partial charge in [-0.05, 0) is 31.0 Å². The zero-order chi connectivity index (χ0) is 15.0. The number of benzene rings is 1. The van der Waals surface area contributed by atoms with E-state index >= 15 is 0 Å². The summed E-state index contributed by atoms with van der Waals surface area (Å²) < 4.78 is 38.7. The normalized spacial score (nSPS) is 25.0. The molecule has 0 aromatic heterocycles. The molecule has 2 atom stereocenters. The van der Waals surface area contributed by atoms with E-state index in [0.29, 0.717) is 19.0 Å². The van der Waals surface area contributed by atoms with Crippen LogP contribution in [-0.2, 0) is 6.18 Å². The fourth-order valence-corrected chi connectivity index (χ4v) is 3.05. The van der Waals surface area contributed by atoms with E-state index in [-0.39, 0.29) is 11.7 Å². The van der Waals surface area contributed by atoms with E-state index in [1.54, 1.807) is 4.90 Å². The summed E-state index contributed by atoms with van der Waals surface area (Å²) in [5, 5.41) is 5.69. The zero-order valence-electron chi connectivity index (χ0n) is 11.3. The lowest BCUT2D eigenvalue weighted by Gasteiger charge is -2.20. The van der Waals surface area contributed by atoms with E-state index in [4.69, 9.17) is 0 Å². The van der Waals surface area contributed by atoms with Gasteiger partial charge in [-0.3, -0.25) is 0 Å². The highest BCUT2D eigenvalue weighted by molar-refractivity contribution is 5.90. The maximum absolute atomic E-state index is 12.9. The monoisotopic (exact) mass is 299 g/mol. The highest BCUT2D eigenvalue weighted by Crippen LogP contribution is 2.35. The van der Waals surface area contributed by atoms with Gasteiger partial charge >= 0.3 is 12.2 Å². The van der Waals surface area contributed by atoms with E-state index in [0.717, 1.165) is 19.0 Å². The van der Waals surface area contributed by atoms with E-state index in [1.807, 2.05) is 0 Å². The number of rotatable bonds is 1. The third-order valence-electron chi connectivity index (χ3n) is 4.12. The average Bonchev–Trinajstić information content (AvgIpc) is 2.98. The van der Waals surface area contributed by atoms with Crippen LogP contribution in [-0.4, -0.2) is 36.6 Å². The van der Waals surface area contributed by atoms with Gasteiger partial charge in [-0.1, -0.05) is 12.1 Å². The van der Waals surface area contributed by atoms with Crippen molar-refractivity contribution in [3.05, 3.63) is 29.8 Å². The van der Waals surface area contributed by atoms with Crippen LogP contribution in [0.4, 0.5) is 23.7 Å². The first-order valence-electron chi connectivity index (χ1n) is 6.90. The van der Waals surface area contributed by atoms with Crippen LogP contribution in [0.3, 0.4) is 0 Å². The summed E-state index contributed by atoms with van der Waals surface area (Å²) in [6.07, 6.45) is -3.47. The van der Waals surface area contributed by atoms with Crippen molar-refractivity contribution in [1.29, 1.82) is 0 Å². The molecule has 4 nitrogen and oxygen atoms in total. The zero-order valence-corrected chi connectivity index (χ0v) is 11.3. The van der Waals surface area contributed by atoms with E-state index in [1.165, 1.54) is 18.2 Å². The summed E-state index contributed by atoms with van der Waals surface area (Å²) in [6, 6.07) is 4.83. The lowest BCUT2D eigenvalue weighted by molar-refractivity contribution is -0.136. The molecule has 2 N–H and O–H groups in total. The van der Waals surface area contributed by atoms with Crippen LogP contribution in [0.25, 0.3) is 0 Å². The number of para-hydroxylation sites is 1. The highest BCUT2D eigenvalue weighted by Gasteiger charge is 2.39. The van der Waals surface area contributed by atoms with Crippen molar-refractivity contribution in [2.45, 2.75) is 18.6 Å². The van der Waals surface area contributed by atoms with Crippen molar-refractivity contribution >= 4 is 11.7 Å². The number of likely N-dealkylation sites (tertiary alicyclic amines) is 1. The second kappa shape index (κ2) is 5.22. The van der Waals surface area contributed by atoms with Crippen molar-refractivity contribution in [1.82, 2.24) is 10.2 Å². The summed E-state index contributed by atoms with van der Waals surface area (Å²) in [4.78, 5) is 13.7. The molecule has 114 valence electrons. The number of carbonyl (C=O) groups excluding carboxylic acids is 1. The lowest BCUT2D eigenvalue weighted by Crippen LogP contribution is -2.37. The molecule has 2 aliphatic rings. The summed E-state index contributed by atoms with van der Waals surface area (Å²) in [7, 11) is 0. The number of alkyl halides is 3. The Morgan fingerprint density at radius 3 is 2.76 bits per heavy atom. The van der Waals surface area contributed by atoms with Gasteiger partial charge in [0.15, 0.2) is 0 Å². The topological polar surface area (TPSA) is 44.4 Å². The smallest absolute Gasteiger partial charge is 0.323 e. The molecule has 1 aromatic rings. The fourth-order valence-electron chi connectivity index (χ4n) is 3.05.